The number of carbonyl (C=O) groups excluding carboxylic acids is 1. The number of aliphatic hydroxyl groups excluding tert-OH is 4. The molecule has 0 amide bonds. The van der Waals surface area contributed by atoms with Gasteiger partial charge >= 0.3 is 5.97 Å². The molecule has 162 valence electrons. The molecule has 0 unspecified atom stereocenters. The molecule has 1 heterocycles. The van der Waals surface area contributed by atoms with Crippen LogP contribution >= 0.6 is 0 Å². The third-order valence-corrected chi connectivity index (χ3v) is 4.91. The molecule has 4 N–H and O–H groups in total. The van der Waals surface area contributed by atoms with Crippen molar-refractivity contribution >= 4 is 5.97 Å². The molecule has 0 aromatic heterocycles. The van der Waals surface area contributed by atoms with E-state index in [-0.39, 0.29) is 6.61 Å². The van der Waals surface area contributed by atoms with E-state index in [1.54, 1.807) is 42.5 Å². The number of hydrogen-bond donors (Lipinski definition) is 4. The maximum atomic E-state index is 12.2. The molecule has 0 aliphatic carbocycles. The minimum Gasteiger partial charge on any atom is -0.423 e. The van der Waals surface area contributed by atoms with Crippen molar-refractivity contribution in [1.82, 2.24) is 0 Å². The molecule has 0 spiro atoms. The molecule has 5 atom stereocenters. The van der Waals surface area contributed by atoms with Crippen molar-refractivity contribution in [1.29, 1.82) is 0 Å². The summed E-state index contributed by atoms with van der Waals surface area (Å²) >= 11 is 0. The molecule has 30 heavy (non-hydrogen) atoms. The monoisotopic (exact) mass is 418 g/mol. The molecular weight excluding hydrogens is 392 g/mol. The Morgan fingerprint density at radius 1 is 1.03 bits per heavy atom. The van der Waals surface area contributed by atoms with Gasteiger partial charge in [0.05, 0.1) is 18.8 Å². The first-order chi connectivity index (χ1) is 14.4. The number of carbonyl (C=O) groups is 1. The number of hydrogen-bond acceptors (Lipinski definition) is 8. The van der Waals surface area contributed by atoms with Crippen LogP contribution in [0.4, 0.5) is 0 Å². The number of benzene rings is 2. The molecule has 0 radical (unpaired) electrons. The van der Waals surface area contributed by atoms with Gasteiger partial charge in [0.15, 0.2) is 6.29 Å². The Kier molecular flexibility index (Phi) is 7.54. The Balaban J connectivity index is 1.49. The molecule has 1 fully saturated rings. The average molecular weight is 418 g/mol. The highest BCUT2D eigenvalue weighted by molar-refractivity contribution is 5.91. The number of aliphatic hydroxyl groups is 4. The summed E-state index contributed by atoms with van der Waals surface area (Å²) in [6, 6.07) is 14.1. The number of aryl methyl sites for hydroxylation is 1. The topological polar surface area (TPSA) is 126 Å². The summed E-state index contributed by atoms with van der Waals surface area (Å²) in [7, 11) is 0. The molecule has 0 saturated carbocycles. The van der Waals surface area contributed by atoms with Crippen LogP contribution in [0.3, 0.4) is 0 Å². The zero-order valence-corrected chi connectivity index (χ0v) is 16.5. The van der Waals surface area contributed by atoms with Crippen molar-refractivity contribution in [3.05, 3.63) is 65.2 Å². The van der Waals surface area contributed by atoms with Gasteiger partial charge in [0.1, 0.15) is 30.2 Å². The second-order valence-corrected chi connectivity index (χ2v) is 7.22. The van der Waals surface area contributed by atoms with E-state index in [9.17, 15) is 25.2 Å². The lowest BCUT2D eigenvalue weighted by Crippen LogP contribution is -2.59. The zero-order valence-electron chi connectivity index (χ0n) is 16.5. The second kappa shape index (κ2) is 10.1. The van der Waals surface area contributed by atoms with Gasteiger partial charge in [0.2, 0.25) is 0 Å². The molecule has 8 nitrogen and oxygen atoms in total. The second-order valence-electron chi connectivity index (χ2n) is 7.22. The van der Waals surface area contributed by atoms with Gasteiger partial charge in [-0.15, -0.1) is 0 Å². The van der Waals surface area contributed by atoms with Gasteiger partial charge in [-0.05, 0) is 43.2 Å². The maximum Gasteiger partial charge on any atom is 0.343 e. The highest BCUT2D eigenvalue weighted by Gasteiger charge is 2.43. The lowest BCUT2D eigenvalue weighted by Gasteiger charge is -2.39. The maximum absolute atomic E-state index is 12.2. The van der Waals surface area contributed by atoms with Crippen molar-refractivity contribution < 1.29 is 39.4 Å². The van der Waals surface area contributed by atoms with Gasteiger partial charge < -0.3 is 34.6 Å². The van der Waals surface area contributed by atoms with E-state index >= 15 is 0 Å². The highest BCUT2D eigenvalue weighted by atomic mass is 16.7. The molecule has 8 heteroatoms. The van der Waals surface area contributed by atoms with Crippen molar-refractivity contribution in [2.75, 3.05) is 13.2 Å². The number of esters is 1. The highest BCUT2D eigenvalue weighted by Crippen LogP contribution is 2.22. The molecule has 0 bridgehead atoms. The Labute approximate surface area is 174 Å². The Morgan fingerprint density at radius 3 is 2.43 bits per heavy atom. The van der Waals surface area contributed by atoms with Gasteiger partial charge in [-0.25, -0.2) is 4.79 Å². The first-order valence-corrected chi connectivity index (χ1v) is 9.69. The van der Waals surface area contributed by atoms with Gasteiger partial charge in [-0.1, -0.05) is 29.8 Å². The van der Waals surface area contributed by atoms with Crippen molar-refractivity contribution in [2.45, 2.75) is 44.1 Å². The quantitative estimate of drug-likeness (QED) is 0.380. The Morgan fingerprint density at radius 2 is 1.77 bits per heavy atom. The van der Waals surface area contributed by atoms with Gasteiger partial charge in [0.25, 0.3) is 0 Å². The zero-order chi connectivity index (χ0) is 21.7. The minimum atomic E-state index is -1.47. The van der Waals surface area contributed by atoms with E-state index in [1.807, 2.05) is 13.0 Å². The summed E-state index contributed by atoms with van der Waals surface area (Å²) in [6.45, 7) is 1.57. The Hall–Kier alpha value is -2.33. The van der Waals surface area contributed by atoms with E-state index < -0.39 is 43.3 Å². The van der Waals surface area contributed by atoms with E-state index in [0.717, 1.165) is 11.1 Å². The average Bonchev–Trinajstić information content (AvgIpc) is 2.75. The summed E-state index contributed by atoms with van der Waals surface area (Å²) in [6.07, 6.45) is -6.00. The largest absolute Gasteiger partial charge is 0.423 e. The standard InChI is InChI=1S/C22H26O8/c1-13-3-2-4-15(11-13)21(27)29-16-7-5-14(6-8-16)9-10-28-22-20(26)19(25)18(24)17(12-23)30-22/h2-8,11,17-20,22-26H,9-10,12H2,1H3/t17-,18-,19+,20-,22-/m1/s1. The summed E-state index contributed by atoms with van der Waals surface area (Å²) in [5.41, 5.74) is 2.35. The fraction of sp³-hybridized carbons (Fsp3) is 0.409. The summed E-state index contributed by atoms with van der Waals surface area (Å²) in [5.74, 6) is -0.0162. The molecule has 2 aromatic rings. The first-order valence-electron chi connectivity index (χ1n) is 9.69. The molecule has 1 saturated heterocycles. The lowest BCUT2D eigenvalue weighted by molar-refractivity contribution is -0.300. The molecule has 2 aromatic carbocycles. The van der Waals surface area contributed by atoms with Crippen molar-refractivity contribution in [2.24, 2.45) is 0 Å². The van der Waals surface area contributed by atoms with Crippen LogP contribution in [0.5, 0.6) is 5.75 Å². The molecule has 1 aliphatic rings. The summed E-state index contributed by atoms with van der Waals surface area (Å²) < 4.78 is 16.1. The van der Waals surface area contributed by atoms with Crippen LogP contribution in [0, 0.1) is 6.92 Å². The third-order valence-electron chi connectivity index (χ3n) is 4.91. The van der Waals surface area contributed by atoms with Crippen LogP contribution in [0.15, 0.2) is 48.5 Å². The minimum absolute atomic E-state index is 0.172. The molecule has 3 rings (SSSR count). The van der Waals surface area contributed by atoms with E-state index in [2.05, 4.69) is 0 Å². The fourth-order valence-corrected chi connectivity index (χ4v) is 3.16. The van der Waals surface area contributed by atoms with Crippen LogP contribution in [0.25, 0.3) is 0 Å². The van der Waals surface area contributed by atoms with E-state index in [1.165, 1.54) is 0 Å². The smallest absolute Gasteiger partial charge is 0.343 e. The van der Waals surface area contributed by atoms with Crippen LogP contribution in [0.2, 0.25) is 0 Å². The third kappa shape index (κ3) is 5.42. The van der Waals surface area contributed by atoms with Crippen LogP contribution in [-0.4, -0.2) is 70.3 Å². The number of ether oxygens (including phenoxy) is 3. The van der Waals surface area contributed by atoms with Crippen molar-refractivity contribution in [3.63, 3.8) is 0 Å². The summed E-state index contributed by atoms with van der Waals surface area (Å²) in [5, 5.41) is 38.7. The molecule has 1 aliphatic heterocycles. The van der Waals surface area contributed by atoms with Crippen LogP contribution < -0.4 is 4.74 Å². The van der Waals surface area contributed by atoms with Crippen LogP contribution in [-0.2, 0) is 15.9 Å². The van der Waals surface area contributed by atoms with Gasteiger partial charge in [-0.3, -0.25) is 0 Å². The van der Waals surface area contributed by atoms with E-state index in [4.69, 9.17) is 14.2 Å². The molecular formula is C22H26O8. The summed E-state index contributed by atoms with van der Waals surface area (Å²) in [4.78, 5) is 12.2. The van der Waals surface area contributed by atoms with E-state index in [0.29, 0.717) is 17.7 Å². The first kappa shape index (κ1) is 22.4. The SMILES string of the molecule is Cc1cccc(C(=O)Oc2ccc(CCO[C@@H]3O[C@H](CO)[C@@H](O)[C@H](O)[C@H]3O)cc2)c1. The Bertz CT molecular complexity index is 835. The van der Waals surface area contributed by atoms with Crippen molar-refractivity contribution in [3.8, 4) is 5.75 Å². The van der Waals surface area contributed by atoms with Gasteiger partial charge in [-0.2, -0.15) is 0 Å². The van der Waals surface area contributed by atoms with Gasteiger partial charge in [0, 0.05) is 0 Å². The number of rotatable bonds is 7. The predicted octanol–water partition coefficient (Wildman–Crippen LogP) is 0.573. The normalized spacial score (nSPS) is 26.4. The fourth-order valence-electron chi connectivity index (χ4n) is 3.16. The predicted molar refractivity (Wildman–Crippen MR) is 106 cm³/mol. The lowest BCUT2D eigenvalue weighted by atomic mass is 9.99. The van der Waals surface area contributed by atoms with Crippen LogP contribution in [0.1, 0.15) is 21.5 Å².